The summed E-state index contributed by atoms with van der Waals surface area (Å²) in [5.74, 6) is 0.0863. The summed E-state index contributed by atoms with van der Waals surface area (Å²) < 4.78 is 13.6. The molecule has 0 bridgehead atoms. The number of phenols is 1. The van der Waals surface area contributed by atoms with Crippen LogP contribution < -0.4 is 5.73 Å². The summed E-state index contributed by atoms with van der Waals surface area (Å²) >= 11 is 0. The minimum absolute atomic E-state index is 0.0451. The van der Waals surface area contributed by atoms with Gasteiger partial charge in [-0.25, -0.2) is 4.39 Å². The van der Waals surface area contributed by atoms with Crippen molar-refractivity contribution in [2.75, 3.05) is 6.54 Å². The molecule has 5 heteroatoms. The zero-order valence-electron chi connectivity index (χ0n) is 12.1. The van der Waals surface area contributed by atoms with Gasteiger partial charge in [0.25, 0.3) is 0 Å². The Morgan fingerprint density at radius 3 is 2.52 bits per heavy atom. The first kappa shape index (κ1) is 14.2. The largest absolute Gasteiger partial charge is 0.508 e. The van der Waals surface area contributed by atoms with Gasteiger partial charge in [-0.3, -0.25) is 4.99 Å². The number of aliphatic imine (C=N–C) groups is 1. The van der Waals surface area contributed by atoms with Gasteiger partial charge in [0.2, 0.25) is 0 Å². The lowest BCUT2D eigenvalue weighted by molar-refractivity contribution is 0.236. The van der Waals surface area contributed by atoms with Crippen molar-refractivity contribution in [2.24, 2.45) is 10.7 Å². The Morgan fingerprint density at radius 1 is 1.14 bits per heavy atom. The molecule has 3 N–H and O–H groups in total. The van der Waals surface area contributed by atoms with E-state index in [1.807, 2.05) is 0 Å². The fourth-order valence-electron chi connectivity index (χ4n) is 3.54. The smallest absolute Gasteiger partial charge is 0.192 e. The molecule has 1 aromatic rings. The molecule has 1 atom stereocenters. The Bertz CT molecular complexity index is 518. The van der Waals surface area contributed by atoms with Crippen LogP contribution in [0, 0.1) is 5.82 Å². The van der Waals surface area contributed by atoms with Crippen LogP contribution in [-0.4, -0.2) is 28.6 Å². The number of phenolic OH excluding ortho intramolecular Hbond substituents is 1. The summed E-state index contributed by atoms with van der Waals surface area (Å²) in [7, 11) is 0. The second-order valence-corrected chi connectivity index (χ2v) is 6.01. The van der Waals surface area contributed by atoms with E-state index in [9.17, 15) is 9.50 Å². The van der Waals surface area contributed by atoms with Crippen molar-refractivity contribution >= 4 is 5.96 Å². The quantitative estimate of drug-likeness (QED) is 0.824. The van der Waals surface area contributed by atoms with Crippen LogP contribution in [0.2, 0.25) is 0 Å². The highest BCUT2D eigenvalue weighted by molar-refractivity contribution is 5.80. The topological polar surface area (TPSA) is 61.9 Å². The number of hydrogen-bond acceptors (Lipinski definition) is 4. The molecule has 0 aromatic heterocycles. The molecule has 1 aromatic carbocycles. The van der Waals surface area contributed by atoms with E-state index in [0.717, 1.165) is 24.5 Å². The van der Waals surface area contributed by atoms with Gasteiger partial charge >= 0.3 is 0 Å². The molecule has 3 rings (SSSR count). The highest BCUT2D eigenvalue weighted by Gasteiger charge is 2.33. The lowest BCUT2D eigenvalue weighted by Gasteiger charge is -2.34. The molecule has 0 radical (unpaired) electrons. The third kappa shape index (κ3) is 2.96. The fraction of sp³-hybridized carbons (Fsp3) is 0.562. The molecule has 1 fully saturated rings. The van der Waals surface area contributed by atoms with E-state index in [1.54, 1.807) is 6.07 Å². The van der Waals surface area contributed by atoms with E-state index < -0.39 is 5.82 Å². The maximum atomic E-state index is 13.6. The van der Waals surface area contributed by atoms with Crippen LogP contribution in [0.15, 0.2) is 23.2 Å². The second-order valence-electron chi connectivity index (χ2n) is 6.01. The van der Waals surface area contributed by atoms with Gasteiger partial charge in [0.05, 0.1) is 12.6 Å². The van der Waals surface area contributed by atoms with Crippen molar-refractivity contribution in [3.8, 4) is 5.75 Å². The zero-order valence-corrected chi connectivity index (χ0v) is 12.1. The predicted octanol–water partition coefficient (Wildman–Crippen LogP) is 2.93. The minimum atomic E-state index is -0.420. The monoisotopic (exact) mass is 291 g/mol. The SMILES string of the molecule is NC1=NCC(c2cc(O)cc(F)c2)N1C1CCCCCC1. The lowest BCUT2D eigenvalue weighted by Crippen LogP contribution is -2.43. The molecule has 1 saturated carbocycles. The summed E-state index contributed by atoms with van der Waals surface area (Å²) in [5.41, 5.74) is 6.84. The number of nitrogens with two attached hydrogens (primary N) is 1. The number of hydrogen-bond donors (Lipinski definition) is 2. The number of benzene rings is 1. The maximum Gasteiger partial charge on any atom is 0.192 e. The summed E-state index contributed by atoms with van der Waals surface area (Å²) in [6.45, 7) is 0.533. The molecule has 0 saturated heterocycles. The Hall–Kier alpha value is -1.78. The van der Waals surface area contributed by atoms with Gasteiger partial charge in [0.15, 0.2) is 5.96 Å². The Morgan fingerprint density at radius 2 is 1.86 bits per heavy atom. The first-order chi connectivity index (χ1) is 10.1. The van der Waals surface area contributed by atoms with Crippen LogP contribution >= 0.6 is 0 Å². The normalized spacial score (nSPS) is 24.0. The second kappa shape index (κ2) is 5.92. The van der Waals surface area contributed by atoms with Crippen molar-refractivity contribution in [1.82, 2.24) is 4.90 Å². The fourth-order valence-corrected chi connectivity index (χ4v) is 3.54. The minimum Gasteiger partial charge on any atom is -0.508 e. The number of aromatic hydroxyl groups is 1. The number of guanidine groups is 1. The highest BCUT2D eigenvalue weighted by Crippen LogP contribution is 2.34. The van der Waals surface area contributed by atoms with Crippen LogP contribution in [0.4, 0.5) is 4.39 Å². The average Bonchev–Trinajstić information content (AvgIpc) is 2.65. The van der Waals surface area contributed by atoms with E-state index in [-0.39, 0.29) is 11.8 Å². The first-order valence-corrected chi connectivity index (χ1v) is 7.73. The average molecular weight is 291 g/mol. The van der Waals surface area contributed by atoms with Crippen LogP contribution in [0.25, 0.3) is 0 Å². The van der Waals surface area contributed by atoms with Gasteiger partial charge in [0, 0.05) is 12.1 Å². The Kier molecular flexibility index (Phi) is 3.99. The van der Waals surface area contributed by atoms with Crippen LogP contribution in [0.3, 0.4) is 0 Å². The van der Waals surface area contributed by atoms with Gasteiger partial charge in [-0.2, -0.15) is 0 Å². The third-order valence-corrected chi connectivity index (χ3v) is 4.53. The molecule has 1 unspecified atom stereocenters. The molecule has 1 aliphatic carbocycles. The van der Waals surface area contributed by atoms with Crippen molar-refractivity contribution in [3.05, 3.63) is 29.6 Å². The van der Waals surface area contributed by atoms with E-state index in [2.05, 4.69) is 9.89 Å². The molecule has 2 aliphatic rings. The molecule has 1 heterocycles. The lowest BCUT2D eigenvalue weighted by atomic mass is 10.0. The van der Waals surface area contributed by atoms with Gasteiger partial charge in [0.1, 0.15) is 11.6 Å². The molecular weight excluding hydrogens is 269 g/mol. The molecule has 4 nitrogen and oxygen atoms in total. The summed E-state index contributed by atoms with van der Waals surface area (Å²) in [5, 5.41) is 9.63. The molecule has 21 heavy (non-hydrogen) atoms. The number of halogens is 1. The third-order valence-electron chi connectivity index (χ3n) is 4.53. The Balaban J connectivity index is 1.87. The van der Waals surface area contributed by atoms with Gasteiger partial charge in [-0.15, -0.1) is 0 Å². The van der Waals surface area contributed by atoms with Crippen molar-refractivity contribution in [2.45, 2.75) is 50.6 Å². The van der Waals surface area contributed by atoms with E-state index in [1.165, 1.54) is 31.7 Å². The highest BCUT2D eigenvalue weighted by atomic mass is 19.1. The standard InChI is InChI=1S/C16H22FN3O/c17-12-7-11(8-14(21)9-12)15-10-19-16(18)20(15)13-5-3-1-2-4-6-13/h7-9,13,15,21H,1-6,10H2,(H2,18,19). The number of rotatable bonds is 2. The predicted molar refractivity (Wildman–Crippen MR) is 80.6 cm³/mol. The van der Waals surface area contributed by atoms with Crippen molar-refractivity contribution in [1.29, 1.82) is 0 Å². The van der Waals surface area contributed by atoms with Gasteiger partial charge in [-0.1, -0.05) is 25.7 Å². The van der Waals surface area contributed by atoms with Crippen molar-refractivity contribution in [3.63, 3.8) is 0 Å². The zero-order chi connectivity index (χ0) is 14.8. The molecular formula is C16H22FN3O. The Labute approximate surface area is 124 Å². The number of nitrogens with zero attached hydrogens (tertiary/aromatic N) is 2. The molecule has 0 spiro atoms. The molecule has 0 amide bonds. The maximum absolute atomic E-state index is 13.6. The first-order valence-electron chi connectivity index (χ1n) is 7.73. The van der Waals surface area contributed by atoms with Gasteiger partial charge in [-0.05, 0) is 30.5 Å². The molecule has 1 aliphatic heterocycles. The molecule has 114 valence electrons. The van der Waals surface area contributed by atoms with E-state index in [4.69, 9.17) is 5.73 Å². The summed E-state index contributed by atoms with van der Waals surface area (Å²) in [6, 6.07) is 4.52. The summed E-state index contributed by atoms with van der Waals surface area (Å²) in [4.78, 5) is 6.50. The van der Waals surface area contributed by atoms with E-state index >= 15 is 0 Å². The van der Waals surface area contributed by atoms with Crippen LogP contribution in [0.5, 0.6) is 5.75 Å². The van der Waals surface area contributed by atoms with Crippen molar-refractivity contribution < 1.29 is 9.50 Å². The van der Waals surface area contributed by atoms with Gasteiger partial charge < -0.3 is 15.7 Å². The van der Waals surface area contributed by atoms with Crippen LogP contribution in [0.1, 0.15) is 50.1 Å². The van der Waals surface area contributed by atoms with E-state index in [0.29, 0.717) is 18.5 Å². The van der Waals surface area contributed by atoms with Crippen LogP contribution in [-0.2, 0) is 0 Å². The summed E-state index contributed by atoms with van der Waals surface area (Å²) in [6.07, 6.45) is 7.16.